The van der Waals surface area contributed by atoms with E-state index in [1.54, 1.807) is 13.2 Å². The maximum Gasteiger partial charge on any atom is 0.258 e. The van der Waals surface area contributed by atoms with Gasteiger partial charge in [-0.3, -0.25) is 4.79 Å². The molecule has 0 unspecified atom stereocenters. The number of nitrogens with two attached hydrogens (primary N) is 1. The number of hydrogen-bond donors (Lipinski definition) is 2. The van der Waals surface area contributed by atoms with Gasteiger partial charge in [0.25, 0.3) is 5.91 Å². The van der Waals surface area contributed by atoms with Crippen molar-refractivity contribution in [1.82, 2.24) is 0 Å². The molecule has 4 heteroatoms. The molecule has 0 aliphatic carbocycles. The standard InChI is InChI=1S/C16H18N2O2/c1-11-5-3-8-14(17)15(11)16(19)18-13-7-4-6-12(9-13)10-20-2/h3-9H,10,17H2,1-2H3,(H,18,19). The molecule has 0 fully saturated rings. The molecule has 0 spiro atoms. The first-order valence-corrected chi connectivity index (χ1v) is 6.36. The molecular formula is C16H18N2O2. The average Bonchev–Trinajstić information content (AvgIpc) is 2.39. The van der Waals surface area contributed by atoms with Crippen LogP contribution in [0.25, 0.3) is 0 Å². The number of methoxy groups -OCH3 is 1. The van der Waals surface area contributed by atoms with E-state index in [1.165, 1.54) is 0 Å². The molecule has 2 rings (SSSR count). The summed E-state index contributed by atoms with van der Waals surface area (Å²) in [5, 5.41) is 2.86. The second kappa shape index (κ2) is 6.21. The number of benzene rings is 2. The van der Waals surface area contributed by atoms with Crippen LogP contribution in [-0.2, 0) is 11.3 Å². The van der Waals surface area contributed by atoms with Gasteiger partial charge in [0.15, 0.2) is 0 Å². The number of anilines is 2. The Morgan fingerprint density at radius 2 is 2.00 bits per heavy atom. The van der Waals surface area contributed by atoms with E-state index >= 15 is 0 Å². The van der Waals surface area contributed by atoms with Crippen molar-refractivity contribution in [3.05, 3.63) is 59.2 Å². The van der Waals surface area contributed by atoms with Gasteiger partial charge in [-0.1, -0.05) is 24.3 Å². The first kappa shape index (κ1) is 14.1. The Bertz CT molecular complexity index is 603. The number of hydrogen-bond acceptors (Lipinski definition) is 3. The monoisotopic (exact) mass is 270 g/mol. The van der Waals surface area contributed by atoms with Gasteiger partial charge in [0.05, 0.1) is 12.2 Å². The number of carbonyl (C=O) groups excluding carboxylic acids is 1. The van der Waals surface area contributed by atoms with Crippen LogP contribution in [0.4, 0.5) is 11.4 Å². The predicted octanol–water partition coefficient (Wildman–Crippen LogP) is 2.98. The largest absolute Gasteiger partial charge is 0.398 e. The summed E-state index contributed by atoms with van der Waals surface area (Å²) in [5.41, 5.74) is 9.46. The second-order valence-corrected chi connectivity index (χ2v) is 4.63. The third-order valence-electron chi connectivity index (χ3n) is 3.03. The van der Waals surface area contributed by atoms with Crippen LogP contribution < -0.4 is 11.1 Å². The highest BCUT2D eigenvalue weighted by molar-refractivity contribution is 6.08. The molecule has 0 saturated heterocycles. The van der Waals surface area contributed by atoms with Gasteiger partial charge in [0.2, 0.25) is 0 Å². The second-order valence-electron chi connectivity index (χ2n) is 4.63. The van der Waals surface area contributed by atoms with Crippen molar-refractivity contribution in [2.24, 2.45) is 0 Å². The molecule has 0 atom stereocenters. The minimum Gasteiger partial charge on any atom is -0.398 e. The molecule has 0 aromatic heterocycles. The number of nitrogen functional groups attached to an aromatic ring is 1. The minimum atomic E-state index is -0.199. The normalized spacial score (nSPS) is 10.3. The quantitative estimate of drug-likeness (QED) is 0.839. The van der Waals surface area contributed by atoms with E-state index in [2.05, 4.69) is 5.32 Å². The lowest BCUT2D eigenvalue weighted by molar-refractivity contribution is 0.102. The van der Waals surface area contributed by atoms with Gasteiger partial charge >= 0.3 is 0 Å². The van der Waals surface area contributed by atoms with E-state index in [4.69, 9.17) is 10.5 Å². The van der Waals surface area contributed by atoms with E-state index < -0.39 is 0 Å². The summed E-state index contributed by atoms with van der Waals surface area (Å²) >= 11 is 0. The summed E-state index contributed by atoms with van der Waals surface area (Å²) in [4.78, 5) is 12.3. The van der Waals surface area contributed by atoms with Gasteiger partial charge in [0, 0.05) is 18.5 Å². The molecule has 0 saturated carbocycles. The first-order chi connectivity index (χ1) is 9.61. The Morgan fingerprint density at radius 1 is 1.25 bits per heavy atom. The van der Waals surface area contributed by atoms with Crippen LogP contribution in [0.15, 0.2) is 42.5 Å². The van der Waals surface area contributed by atoms with Crippen molar-refractivity contribution < 1.29 is 9.53 Å². The minimum absolute atomic E-state index is 0.199. The van der Waals surface area contributed by atoms with Gasteiger partial charge < -0.3 is 15.8 Å². The van der Waals surface area contributed by atoms with Gasteiger partial charge in [-0.2, -0.15) is 0 Å². The third-order valence-corrected chi connectivity index (χ3v) is 3.03. The number of nitrogens with one attached hydrogen (secondary N) is 1. The summed E-state index contributed by atoms with van der Waals surface area (Å²) in [7, 11) is 1.64. The predicted molar refractivity (Wildman–Crippen MR) is 80.7 cm³/mol. The maximum atomic E-state index is 12.3. The molecule has 0 radical (unpaired) electrons. The molecule has 3 N–H and O–H groups in total. The Hall–Kier alpha value is -2.33. The molecule has 2 aromatic rings. The molecule has 0 bridgehead atoms. The fourth-order valence-corrected chi connectivity index (χ4v) is 2.10. The van der Waals surface area contributed by atoms with Crippen molar-refractivity contribution >= 4 is 17.3 Å². The molecule has 20 heavy (non-hydrogen) atoms. The smallest absolute Gasteiger partial charge is 0.258 e. The number of rotatable bonds is 4. The summed E-state index contributed by atoms with van der Waals surface area (Å²) in [6.45, 7) is 2.38. The molecule has 2 aromatic carbocycles. The van der Waals surface area contributed by atoms with Gasteiger partial charge in [-0.05, 0) is 36.2 Å². The summed E-state index contributed by atoms with van der Waals surface area (Å²) < 4.78 is 5.08. The fourth-order valence-electron chi connectivity index (χ4n) is 2.10. The highest BCUT2D eigenvalue weighted by Gasteiger charge is 2.12. The number of aryl methyl sites for hydroxylation is 1. The van der Waals surface area contributed by atoms with E-state index in [0.717, 1.165) is 16.8 Å². The zero-order chi connectivity index (χ0) is 14.5. The Labute approximate surface area is 118 Å². The molecule has 4 nitrogen and oxygen atoms in total. The highest BCUT2D eigenvalue weighted by atomic mass is 16.5. The average molecular weight is 270 g/mol. The zero-order valence-corrected chi connectivity index (χ0v) is 11.6. The lowest BCUT2D eigenvalue weighted by Crippen LogP contribution is -2.15. The maximum absolute atomic E-state index is 12.3. The van der Waals surface area contributed by atoms with E-state index in [9.17, 15) is 4.79 Å². The van der Waals surface area contributed by atoms with Crippen molar-refractivity contribution in [1.29, 1.82) is 0 Å². The summed E-state index contributed by atoms with van der Waals surface area (Å²) in [6, 6.07) is 13.0. The van der Waals surface area contributed by atoms with Gasteiger partial charge in [0.1, 0.15) is 0 Å². The molecule has 0 aliphatic heterocycles. The van der Waals surface area contributed by atoms with Crippen LogP contribution in [0, 0.1) is 6.92 Å². The topological polar surface area (TPSA) is 64.3 Å². The SMILES string of the molecule is COCc1cccc(NC(=O)c2c(C)cccc2N)c1. The molecule has 1 amide bonds. The van der Waals surface area contributed by atoms with Crippen molar-refractivity contribution in [2.75, 3.05) is 18.2 Å². The Balaban J connectivity index is 2.21. The molecule has 0 heterocycles. The lowest BCUT2D eigenvalue weighted by atomic mass is 10.1. The Morgan fingerprint density at radius 3 is 2.70 bits per heavy atom. The number of carbonyl (C=O) groups is 1. The van der Waals surface area contributed by atoms with E-state index in [0.29, 0.717) is 17.9 Å². The summed E-state index contributed by atoms with van der Waals surface area (Å²) in [5.74, 6) is -0.199. The van der Waals surface area contributed by atoms with Crippen LogP contribution in [0.5, 0.6) is 0 Å². The molecule has 104 valence electrons. The van der Waals surface area contributed by atoms with Crippen LogP contribution in [0.3, 0.4) is 0 Å². The number of ether oxygens (including phenoxy) is 1. The van der Waals surface area contributed by atoms with Crippen LogP contribution in [-0.4, -0.2) is 13.0 Å². The highest BCUT2D eigenvalue weighted by Crippen LogP contribution is 2.19. The molecule has 0 aliphatic rings. The van der Waals surface area contributed by atoms with Crippen LogP contribution in [0.1, 0.15) is 21.5 Å². The number of amides is 1. The van der Waals surface area contributed by atoms with Crippen molar-refractivity contribution in [2.45, 2.75) is 13.5 Å². The van der Waals surface area contributed by atoms with Gasteiger partial charge in [-0.25, -0.2) is 0 Å². The fraction of sp³-hybridized carbons (Fsp3) is 0.188. The Kier molecular flexibility index (Phi) is 4.38. The van der Waals surface area contributed by atoms with E-state index in [1.807, 2.05) is 43.3 Å². The summed E-state index contributed by atoms with van der Waals surface area (Å²) in [6.07, 6.45) is 0. The van der Waals surface area contributed by atoms with Crippen molar-refractivity contribution in [3.8, 4) is 0 Å². The van der Waals surface area contributed by atoms with Crippen LogP contribution in [0.2, 0.25) is 0 Å². The van der Waals surface area contributed by atoms with Crippen molar-refractivity contribution in [3.63, 3.8) is 0 Å². The zero-order valence-electron chi connectivity index (χ0n) is 11.6. The van der Waals surface area contributed by atoms with Gasteiger partial charge in [-0.15, -0.1) is 0 Å². The molecular weight excluding hydrogens is 252 g/mol. The first-order valence-electron chi connectivity index (χ1n) is 6.36. The van der Waals surface area contributed by atoms with Crippen LogP contribution >= 0.6 is 0 Å². The van der Waals surface area contributed by atoms with E-state index in [-0.39, 0.29) is 5.91 Å². The lowest BCUT2D eigenvalue weighted by Gasteiger charge is -2.11. The third kappa shape index (κ3) is 3.16.